The Balaban J connectivity index is 1.20. The number of hydrogen-bond donors (Lipinski definition) is 2. The molecule has 2 aliphatic heterocycles. The highest BCUT2D eigenvalue weighted by Gasteiger charge is 2.41. The van der Waals surface area contributed by atoms with Gasteiger partial charge in [0.2, 0.25) is 0 Å². The SMILES string of the molecule is CN1CCCC12CCN(c1ccc(-c3n[nH]c4ccc(O[C@H](N)c5c(Cl)cncc5Cl)cc34)cn1)CC2. The maximum absolute atomic E-state index is 6.27. The number of benzene rings is 1. The number of pyridine rings is 2. The number of nitrogens with one attached hydrogen (secondary N) is 1. The number of hydrogen-bond acceptors (Lipinski definition) is 7. The Labute approximate surface area is 225 Å². The van der Waals surface area contributed by atoms with Gasteiger partial charge in [0.25, 0.3) is 0 Å². The molecule has 10 heteroatoms. The third-order valence-electron chi connectivity index (χ3n) is 7.96. The fourth-order valence-corrected chi connectivity index (χ4v) is 6.34. The van der Waals surface area contributed by atoms with E-state index in [-0.39, 0.29) is 0 Å². The topological polar surface area (TPSA) is 96.2 Å². The first kappa shape index (κ1) is 24.4. The number of nitrogens with zero attached hydrogens (tertiary/aromatic N) is 5. The summed E-state index contributed by atoms with van der Waals surface area (Å²) in [6.07, 6.45) is 9.05. The van der Waals surface area contributed by atoms with Gasteiger partial charge in [-0.15, -0.1) is 0 Å². The number of rotatable bonds is 5. The number of ether oxygens (including phenoxy) is 1. The third kappa shape index (κ3) is 4.52. The van der Waals surface area contributed by atoms with Crippen molar-refractivity contribution in [1.29, 1.82) is 0 Å². The fourth-order valence-electron chi connectivity index (χ4n) is 5.76. The molecule has 6 rings (SSSR count). The van der Waals surface area contributed by atoms with Crippen LogP contribution in [0, 0.1) is 0 Å². The van der Waals surface area contributed by atoms with Crippen molar-refractivity contribution in [2.75, 3.05) is 31.6 Å². The molecule has 192 valence electrons. The molecule has 2 saturated heterocycles. The summed E-state index contributed by atoms with van der Waals surface area (Å²) in [7, 11) is 2.28. The summed E-state index contributed by atoms with van der Waals surface area (Å²) < 4.78 is 5.99. The van der Waals surface area contributed by atoms with Crippen molar-refractivity contribution >= 4 is 39.9 Å². The number of aromatic amines is 1. The van der Waals surface area contributed by atoms with Gasteiger partial charge in [-0.3, -0.25) is 15.8 Å². The van der Waals surface area contributed by atoms with Gasteiger partial charge in [-0.2, -0.15) is 5.10 Å². The molecule has 0 aliphatic carbocycles. The predicted molar refractivity (Wildman–Crippen MR) is 147 cm³/mol. The van der Waals surface area contributed by atoms with Crippen molar-refractivity contribution in [2.45, 2.75) is 37.5 Å². The molecule has 3 N–H and O–H groups in total. The van der Waals surface area contributed by atoms with Gasteiger partial charge in [-0.1, -0.05) is 23.2 Å². The van der Waals surface area contributed by atoms with Crippen molar-refractivity contribution in [3.05, 3.63) is 64.5 Å². The van der Waals surface area contributed by atoms with E-state index in [1.807, 2.05) is 24.4 Å². The normalized spacial score (nSPS) is 18.5. The summed E-state index contributed by atoms with van der Waals surface area (Å²) in [5, 5.41) is 9.27. The van der Waals surface area contributed by atoms with Crippen LogP contribution < -0.4 is 15.4 Å². The standard InChI is InChI=1S/C27H29Cl2N7O/c1-35-10-2-7-27(35)8-11-36(12-9-27)23-6-3-17(14-32-23)25-19-13-18(4-5-22(19)33-34-25)37-26(30)24-20(28)15-31-16-21(24)29/h3-6,13-16,26H,2,7-12,30H2,1H3,(H,33,34)/t26-/m0/s1. The minimum absolute atomic E-state index is 0.357. The molecule has 1 atom stereocenters. The van der Waals surface area contributed by atoms with Crippen molar-refractivity contribution in [3.8, 4) is 17.0 Å². The second-order valence-corrected chi connectivity index (χ2v) is 10.8. The molecule has 37 heavy (non-hydrogen) atoms. The molecular weight excluding hydrogens is 509 g/mol. The quantitative estimate of drug-likeness (QED) is 0.327. The number of likely N-dealkylation sites (tertiary alicyclic amines) is 1. The van der Waals surface area contributed by atoms with Gasteiger partial charge in [0.05, 0.1) is 15.6 Å². The first-order valence-corrected chi connectivity index (χ1v) is 13.3. The van der Waals surface area contributed by atoms with E-state index in [1.165, 1.54) is 44.6 Å². The fraction of sp³-hybridized carbons (Fsp3) is 0.370. The van der Waals surface area contributed by atoms with E-state index in [0.717, 1.165) is 41.1 Å². The van der Waals surface area contributed by atoms with Crippen molar-refractivity contribution in [1.82, 2.24) is 25.1 Å². The van der Waals surface area contributed by atoms with Gasteiger partial charge in [-0.25, -0.2) is 4.98 Å². The highest BCUT2D eigenvalue weighted by atomic mass is 35.5. The average Bonchev–Trinajstić information content (AvgIpc) is 3.48. The summed E-state index contributed by atoms with van der Waals surface area (Å²) in [5.41, 5.74) is 9.78. The Morgan fingerprint density at radius 2 is 1.81 bits per heavy atom. The summed E-state index contributed by atoms with van der Waals surface area (Å²) in [5.74, 6) is 1.59. The zero-order valence-corrected chi connectivity index (χ0v) is 22.1. The number of piperidine rings is 1. The van der Waals surface area contributed by atoms with Gasteiger partial charge in [0.1, 0.15) is 17.3 Å². The van der Waals surface area contributed by atoms with Crippen LogP contribution in [-0.2, 0) is 0 Å². The zero-order chi connectivity index (χ0) is 25.6. The zero-order valence-electron chi connectivity index (χ0n) is 20.6. The second kappa shape index (κ2) is 9.76. The van der Waals surface area contributed by atoms with Gasteiger partial charge < -0.3 is 14.5 Å². The molecule has 1 aromatic carbocycles. The number of fused-ring (bicyclic) bond motifs is 1. The van der Waals surface area contributed by atoms with Crippen LogP contribution in [0.15, 0.2) is 48.9 Å². The number of H-pyrrole nitrogens is 1. The van der Waals surface area contributed by atoms with E-state index in [4.69, 9.17) is 38.7 Å². The van der Waals surface area contributed by atoms with Gasteiger partial charge in [0, 0.05) is 53.7 Å². The lowest BCUT2D eigenvalue weighted by molar-refractivity contribution is 0.137. The van der Waals surface area contributed by atoms with E-state index in [0.29, 0.717) is 26.9 Å². The molecular formula is C27H29Cl2N7O. The number of halogens is 2. The third-order valence-corrected chi connectivity index (χ3v) is 8.56. The van der Waals surface area contributed by atoms with Crippen LogP contribution in [0.25, 0.3) is 22.2 Å². The Morgan fingerprint density at radius 1 is 1.03 bits per heavy atom. The van der Waals surface area contributed by atoms with E-state index in [1.54, 1.807) is 0 Å². The Kier molecular flexibility index (Phi) is 6.44. The first-order chi connectivity index (χ1) is 17.9. The summed E-state index contributed by atoms with van der Waals surface area (Å²) in [6.45, 7) is 3.29. The van der Waals surface area contributed by atoms with Crippen LogP contribution in [0.1, 0.15) is 37.5 Å². The molecule has 0 unspecified atom stereocenters. The van der Waals surface area contributed by atoms with Gasteiger partial charge in [0.15, 0.2) is 6.23 Å². The Morgan fingerprint density at radius 3 is 2.49 bits per heavy atom. The molecule has 0 saturated carbocycles. The van der Waals surface area contributed by atoms with E-state index in [2.05, 4.69) is 44.2 Å². The highest BCUT2D eigenvalue weighted by Crippen LogP contribution is 2.38. The minimum atomic E-state index is -0.843. The van der Waals surface area contributed by atoms with E-state index < -0.39 is 6.23 Å². The second-order valence-electron chi connectivity index (χ2n) is 9.98. The number of aromatic nitrogens is 4. The maximum atomic E-state index is 6.27. The van der Waals surface area contributed by atoms with Gasteiger partial charge >= 0.3 is 0 Å². The molecule has 1 spiro atoms. The minimum Gasteiger partial charge on any atom is -0.471 e. The number of nitrogens with two attached hydrogens (primary N) is 1. The van der Waals surface area contributed by atoms with Crippen LogP contribution >= 0.6 is 23.2 Å². The van der Waals surface area contributed by atoms with Crippen LogP contribution in [0.4, 0.5) is 5.82 Å². The molecule has 2 fully saturated rings. The Hall–Kier alpha value is -2.91. The summed E-state index contributed by atoms with van der Waals surface area (Å²) in [4.78, 5) is 13.7. The number of anilines is 1. The highest BCUT2D eigenvalue weighted by molar-refractivity contribution is 6.35. The molecule has 8 nitrogen and oxygen atoms in total. The molecule has 0 bridgehead atoms. The van der Waals surface area contributed by atoms with Crippen molar-refractivity contribution in [3.63, 3.8) is 0 Å². The van der Waals surface area contributed by atoms with Crippen molar-refractivity contribution < 1.29 is 4.74 Å². The van der Waals surface area contributed by atoms with E-state index in [9.17, 15) is 0 Å². The van der Waals surface area contributed by atoms with Crippen LogP contribution in [0.3, 0.4) is 0 Å². The largest absolute Gasteiger partial charge is 0.471 e. The predicted octanol–water partition coefficient (Wildman–Crippen LogP) is 5.43. The van der Waals surface area contributed by atoms with Gasteiger partial charge in [-0.05, 0) is 69.6 Å². The monoisotopic (exact) mass is 537 g/mol. The summed E-state index contributed by atoms with van der Waals surface area (Å²) in [6, 6.07) is 9.83. The lowest BCUT2D eigenvalue weighted by Gasteiger charge is -2.44. The lowest BCUT2D eigenvalue weighted by Crippen LogP contribution is -2.50. The van der Waals surface area contributed by atoms with Crippen LogP contribution in [0.5, 0.6) is 5.75 Å². The maximum Gasteiger partial charge on any atom is 0.177 e. The molecule has 0 radical (unpaired) electrons. The van der Waals surface area contributed by atoms with Crippen LogP contribution in [0.2, 0.25) is 10.0 Å². The van der Waals surface area contributed by atoms with Crippen molar-refractivity contribution in [2.24, 2.45) is 5.73 Å². The molecule has 2 aliphatic rings. The summed E-state index contributed by atoms with van der Waals surface area (Å²) >= 11 is 12.5. The molecule has 3 aromatic heterocycles. The lowest BCUT2D eigenvalue weighted by atomic mass is 9.85. The molecule has 4 aromatic rings. The molecule has 0 amide bonds. The smallest absolute Gasteiger partial charge is 0.177 e. The molecule has 5 heterocycles. The average molecular weight is 538 g/mol. The Bertz CT molecular complexity index is 1400. The van der Waals surface area contributed by atoms with Crippen LogP contribution in [-0.4, -0.2) is 57.3 Å². The first-order valence-electron chi connectivity index (χ1n) is 12.6. The van der Waals surface area contributed by atoms with E-state index >= 15 is 0 Å².